The second kappa shape index (κ2) is 12.2. The monoisotopic (exact) mass is 525 g/mol. The van der Waals surface area contributed by atoms with Gasteiger partial charge >= 0.3 is 6.61 Å². The second-order valence-corrected chi connectivity index (χ2v) is 5.48. The maximum Gasteiger partial charge on any atom is 0.387 e. The van der Waals surface area contributed by atoms with Crippen molar-refractivity contribution in [1.29, 1.82) is 0 Å². The minimum Gasteiger partial charge on any atom is -0.493 e. The van der Waals surface area contributed by atoms with E-state index in [9.17, 15) is 13.2 Å². The first kappa shape index (κ1) is 24.7. The van der Waals surface area contributed by atoms with Crippen LogP contribution in [0.15, 0.2) is 41.4 Å². The molecule has 0 aliphatic heterocycles. The summed E-state index contributed by atoms with van der Waals surface area (Å²) >= 11 is 0. The average molecular weight is 525 g/mol. The third-order valence-electron chi connectivity index (χ3n) is 3.68. The molecular weight excluding hydrogens is 502 g/mol. The highest BCUT2D eigenvalue weighted by molar-refractivity contribution is 14.0. The zero-order valence-electron chi connectivity index (χ0n) is 16.2. The number of hydrogen-bond acceptors (Lipinski definition) is 4. The van der Waals surface area contributed by atoms with E-state index in [-0.39, 0.29) is 41.8 Å². The number of guanidine groups is 1. The molecule has 0 aliphatic carbocycles. The summed E-state index contributed by atoms with van der Waals surface area (Å²) in [7, 11) is 3.05. The molecule has 0 fully saturated rings. The van der Waals surface area contributed by atoms with E-state index in [1.165, 1.54) is 26.4 Å². The Bertz CT molecular complexity index is 823. The summed E-state index contributed by atoms with van der Waals surface area (Å²) in [5, 5.41) is 6.05. The topological polar surface area (TPSA) is 64.1 Å². The molecule has 6 nitrogen and oxygen atoms in total. The lowest BCUT2D eigenvalue weighted by Gasteiger charge is -2.14. The van der Waals surface area contributed by atoms with Gasteiger partial charge in [-0.25, -0.2) is 9.38 Å². The molecule has 160 valence electrons. The largest absolute Gasteiger partial charge is 0.493 e. The Morgan fingerprint density at radius 2 is 1.79 bits per heavy atom. The molecule has 10 heteroatoms. The summed E-state index contributed by atoms with van der Waals surface area (Å²) < 4.78 is 54.0. The molecule has 0 amide bonds. The van der Waals surface area contributed by atoms with E-state index in [0.717, 1.165) is 6.07 Å². The van der Waals surface area contributed by atoms with Crippen LogP contribution >= 0.6 is 24.0 Å². The van der Waals surface area contributed by atoms with Gasteiger partial charge in [0.05, 0.1) is 26.3 Å². The fourth-order valence-corrected chi connectivity index (χ4v) is 2.41. The summed E-state index contributed by atoms with van der Waals surface area (Å²) in [6, 6.07) is 8.92. The molecule has 29 heavy (non-hydrogen) atoms. The Morgan fingerprint density at radius 3 is 2.41 bits per heavy atom. The summed E-state index contributed by atoms with van der Waals surface area (Å²) in [6.07, 6.45) is 0. The Hall–Kier alpha value is -2.37. The van der Waals surface area contributed by atoms with Crippen molar-refractivity contribution in [2.45, 2.75) is 20.1 Å². The van der Waals surface area contributed by atoms with E-state index in [0.29, 0.717) is 29.7 Å². The van der Waals surface area contributed by atoms with E-state index in [1.807, 2.05) is 6.92 Å². The van der Waals surface area contributed by atoms with Gasteiger partial charge in [0.15, 0.2) is 17.5 Å². The van der Waals surface area contributed by atoms with Gasteiger partial charge in [-0.15, -0.1) is 24.0 Å². The number of halogens is 4. The van der Waals surface area contributed by atoms with Crippen LogP contribution in [0.4, 0.5) is 18.9 Å². The van der Waals surface area contributed by atoms with E-state index in [4.69, 9.17) is 9.47 Å². The minimum absolute atomic E-state index is 0. The van der Waals surface area contributed by atoms with Crippen LogP contribution in [0.3, 0.4) is 0 Å². The van der Waals surface area contributed by atoms with Crippen molar-refractivity contribution in [3.8, 4) is 17.2 Å². The maximum atomic E-state index is 14.1. The van der Waals surface area contributed by atoms with Crippen LogP contribution in [0.2, 0.25) is 0 Å². The Balaban J connectivity index is 0.00000420. The van der Waals surface area contributed by atoms with Crippen molar-refractivity contribution in [3.05, 3.63) is 47.8 Å². The first-order valence-electron chi connectivity index (χ1n) is 8.48. The van der Waals surface area contributed by atoms with Gasteiger partial charge in [0.1, 0.15) is 11.6 Å². The Kier molecular flexibility index (Phi) is 10.4. The van der Waals surface area contributed by atoms with Crippen molar-refractivity contribution in [3.63, 3.8) is 0 Å². The molecule has 0 aliphatic rings. The zero-order chi connectivity index (χ0) is 20.5. The molecule has 0 saturated heterocycles. The predicted molar refractivity (Wildman–Crippen MR) is 116 cm³/mol. The summed E-state index contributed by atoms with van der Waals surface area (Å²) in [5.74, 6) is 0.491. The van der Waals surface area contributed by atoms with Crippen LogP contribution in [0.5, 0.6) is 17.2 Å². The Labute approximate surface area is 184 Å². The number of rotatable bonds is 8. The summed E-state index contributed by atoms with van der Waals surface area (Å²) in [4.78, 5) is 4.26. The number of aliphatic imine (C=N–C) groups is 1. The van der Waals surface area contributed by atoms with E-state index >= 15 is 0 Å². The van der Waals surface area contributed by atoms with Crippen molar-refractivity contribution >= 4 is 35.6 Å². The molecule has 0 radical (unpaired) electrons. The standard InChI is InChI=1S/C19H22F3N3O3.HI/c1-4-23-19(25-12-8-9-16(26-2)17(10-12)27-3)24-11-13-14(20)6-5-7-15(13)28-18(21)22;/h5-10,18H,4,11H2,1-3H3,(H2,23,24,25);1H. The molecule has 2 aromatic rings. The molecule has 0 heterocycles. The van der Waals surface area contributed by atoms with Crippen molar-refractivity contribution in [2.24, 2.45) is 4.99 Å². The number of nitrogens with one attached hydrogen (secondary N) is 2. The lowest BCUT2D eigenvalue weighted by atomic mass is 10.2. The highest BCUT2D eigenvalue weighted by Gasteiger charge is 2.14. The van der Waals surface area contributed by atoms with Crippen molar-refractivity contribution in [1.82, 2.24) is 5.32 Å². The Morgan fingerprint density at radius 1 is 1.07 bits per heavy atom. The van der Waals surface area contributed by atoms with Crippen LogP contribution in [0.1, 0.15) is 12.5 Å². The molecule has 0 spiro atoms. The van der Waals surface area contributed by atoms with Crippen LogP contribution in [0.25, 0.3) is 0 Å². The third-order valence-corrected chi connectivity index (χ3v) is 3.68. The highest BCUT2D eigenvalue weighted by atomic mass is 127. The number of nitrogens with zero attached hydrogens (tertiary/aromatic N) is 1. The van der Waals surface area contributed by atoms with E-state index in [1.54, 1.807) is 18.2 Å². The zero-order valence-corrected chi connectivity index (χ0v) is 18.5. The van der Waals surface area contributed by atoms with Crippen LogP contribution in [-0.2, 0) is 6.54 Å². The molecule has 0 saturated carbocycles. The number of methoxy groups -OCH3 is 2. The maximum absolute atomic E-state index is 14.1. The van der Waals surface area contributed by atoms with Gasteiger partial charge in [-0.2, -0.15) is 8.78 Å². The third kappa shape index (κ3) is 7.18. The SMILES string of the molecule is CCNC(=NCc1c(F)cccc1OC(F)F)Nc1ccc(OC)c(OC)c1.I. The molecule has 2 N–H and O–H groups in total. The van der Waals surface area contributed by atoms with E-state index < -0.39 is 12.4 Å². The lowest BCUT2D eigenvalue weighted by Crippen LogP contribution is -2.30. The number of hydrogen-bond donors (Lipinski definition) is 2. The summed E-state index contributed by atoms with van der Waals surface area (Å²) in [5.41, 5.74) is 0.585. The smallest absolute Gasteiger partial charge is 0.387 e. The van der Waals surface area contributed by atoms with Gasteiger partial charge in [-0.05, 0) is 31.2 Å². The van der Waals surface area contributed by atoms with Gasteiger partial charge in [0, 0.05) is 18.3 Å². The highest BCUT2D eigenvalue weighted by Crippen LogP contribution is 2.30. The molecular formula is C19H23F3IN3O3. The van der Waals surface area contributed by atoms with E-state index in [2.05, 4.69) is 20.4 Å². The number of anilines is 1. The molecule has 0 aromatic heterocycles. The molecule has 0 bridgehead atoms. The van der Waals surface area contributed by atoms with Crippen LogP contribution in [-0.4, -0.2) is 33.3 Å². The van der Waals surface area contributed by atoms with Crippen molar-refractivity contribution < 1.29 is 27.4 Å². The molecule has 0 atom stereocenters. The van der Waals surface area contributed by atoms with Gasteiger partial charge in [0.2, 0.25) is 0 Å². The molecule has 2 rings (SSSR count). The lowest BCUT2D eigenvalue weighted by molar-refractivity contribution is -0.0506. The van der Waals surface area contributed by atoms with Gasteiger partial charge < -0.3 is 24.8 Å². The number of benzene rings is 2. The fraction of sp³-hybridized carbons (Fsp3) is 0.316. The first-order valence-corrected chi connectivity index (χ1v) is 8.48. The first-order chi connectivity index (χ1) is 13.5. The predicted octanol–water partition coefficient (Wildman–Crippen LogP) is 4.64. The molecule has 2 aromatic carbocycles. The fourth-order valence-electron chi connectivity index (χ4n) is 2.41. The number of alkyl halides is 2. The second-order valence-electron chi connectivity index (χ2n) is 5.48. The van der Waals surface area contributed by atoms with Gasteiger partial charge in [0.25, 0.3) is 0 Å². The normalized spacial score (nSPS) is 10.9. The van der Waals surface area contributed by atoms with Crippen LogP contribution < -0.4 is 24.8 Å². The van der Waals surface area contributed by atoms with Crippen LogP contribution in [0, 0.1) is 5.82 Å². The minimum atomic E-state index is -3.05. The molecule has 0 unspecified atom stereocenters. The van der Waals surface area contributed by atoms with Gasteiger partial charge in [-0.1, -0.05) is 6.07 Å². The quantitative estimate of drug-likeness (QED) is 0.299. The number of ether oxygens (including phenoxy) is 3. The van der Waals surface area contributed by atoms with Gasteiger partial charge in [-0.3, -0.25) is 0 Å². The average Bonchev–Trinajstić information content (AvgIpc) is 2.67. The van der Waals surface area contributed by atoms with Crippen molar-refractivity contribution in [2.75, 3.05) is 26.1 Å². The summed E-state index contributed by atoms with van der Waals surface area (Å²) in [6.45, 7) is -0.850.